The lowest BCUT2D eigenvalue weighted by Gasteiger charge is -2.17. The number of hydrogen-bond acceptors (Lipinski definition) is 3. The van der Waals surface area contributed by atoms with Crippen LogP contribution in [0, 0.1) is 5.92 Å². The van der Waals surface area contributed by atoms with Gasteiger partial charge >= 0.3 is 0 Å². The van der Waals surface area contributed by atoms with Crippen LogP contribution in [0.4, 0.5) is 0 Å². The maximum absolute atomic E-state index is 11.7. The van der Waals surface area contributed by atoms with Crippen LogP contribution in [0.15, 0.2) is 0 Å². The molecule has 0 saturated heterocycles. The van der Waals surface area contributed by atoms with E-state index >= 15 is 0 Å². The number of rotatable bonds is 7. The Bertz CT molecular complexity index is 292. The van der Waals surface area contributed by atoms with Gasteiger partial charge in [0.05, 0.1) is 0 Å². The second kappa shape index (κ2) is 5.25. The van der Waals surface area contributed by atoms with Crippen molar-refractivity contribution in [1.82, 2.24) is 14.3 Å². The summed E-state index contributed by atoms with van der Waals surface area (Å²) in [6.45, 7) is 3.44. The lowest BCUT2D eigenvalue weighted by molar-refractivity contribution is 0.446. The predicted molar refractivity (Wildman–Crippen MR) is 60.8 cm³/mol. The fraction of sp³-hybridized carbons (Fsp3) is 1.00. The highest BCUT2D eigenvalue weighted by atomic mass is 32.2. The van der Waals surface area contributed by atoms with Crippen LogP contribution in [0.2, 0.25) is 0 Å². The van der Waals surface area contributed by atoms with Crippen molar-refractivity contribution >= 4 is 10.2 Å². The molecule has 5 nitrogen and oxygen atoms in total. The molecule has 0 radical (unpaired) electrons. The Morgan fingerprint density at radius 1 is 1.47 bits per heavy atom. The van der Waals surface area contributed by atoms with Crippen LogP contribution in [0.1, 0.15) is 19.8 Å². The van der Waals surface area contributed by atoms with E-state index in [0.29, 0.717) is 12.5 Å². The van der Waals surface area contributed by atoms with Crippen LogP contribution < -0.4 is 10.0 Å². The molecule has 1 saturated carbocycles. The number of nitrogens with one attached hydrogen (secondary N) is 2. The van der Waals surface area contributed by atoms with E-state index in [-0.39, 0.29) is 6.04 Å². The van der Waals surface area contributed by atoms with Gasteiger partial charge in [0, 0.05) is 19.6 Å². The zero-order valence-corrected chi connectivity index (χ0v) is 10.5. The van der Waals surface area contributed by atoms with Crippen molar-refractivity contribution in [2.75, 3.05) is 27.2 Å². The summed E-state index contributed by atoms with van der Waals surface area (Å²) < 4.78 is 27.5. The minimum atomic E-state index is -3.25. The van der Waals surface area contributed by atoms with Gasteiger partial charge in [-0.25, -0.2) is 0 Å². The van der Waals surface area contributed by atoms with Crippen molar-refractivity contribution in [3.05, 3.63) is 0 Å². The van der Waals surface area contributed by atoms with E-state index < -0.39 is 10.2 Å². The van der Waals surface area contributed by atoms with Crippen molar-refractivity contribution < 1.29 is 8.42 Å². The lowest BCUT2D eigenvalue weighted by atomic mass is 10.4. The molecule has 0 amide bonds. The maximum atomic E-state index is 11.7. The van der Waals surface area contributed by atoms with Crippen LogP contribution in [0.3, 0.4) is 0 Å². The first-order valence-electron chi connectivity index (χ1n) is 5.35. The fourth-order valence-corrected chi connectivity index (χ4v) is 2.63. The van der Waals surface area contributed by atoms with Gasteiger partial charge in [-0.05, 0) is 32.4 Å². The Kier molecular flexibility index (Phi) is 4.51. The van der Waals surface area contributed by atoms with Gasteiger partial charge in [0.1, 0.15) is 0 Å². The molecule has 0 spiro atoms. The minimum absolute atomic E-state index is 0.154. The van der Waals surface area contributed by atoms with Gasteiger partial charge in [0.15, 0.2) is 0 Å². The van der Waals surface area contributed by atoms with Gasteiger partial charge in [0.25, 0.3) is 10.2 Å². The lowest BCUT2D eigenvalue weighted by Crippen LogP contribution is -2.40. The quantitative estimate of drug-likeness (QED) is 0.599. The summed E-state index contributed by atoms with van der Waals surface area (Å²) in [7, 11) is 0.221. The summed E-state index contributed by atoms with van der Waals surface area (Å²) in [5.41, 5.74) is 0. The van der Waals surface area contributed by atoms with Crippen molar-refractivity contribution in [3.63, 3.8) is 0 Å². The highest BCUT2D eigenvalue weighted by Crippen LogP contribution is 2.29. The highest BCUT2D eigenvalue weighted by molar-refractivity contribution is 7.87. The second-order valence-electron chi connectivity index (χ2n) is 4.22. The highest BCUT2D eigenvalue weighted by Gasteiger charge is 2.36. The van der Waals surface area contributed by atoms with E-state index in [2.05, 4.69) is 10.0 Å². The Morgan fingerprint density at radius 2 is 2.07 bits per heavy atom. The topological polar surface area (TPSA) is 61.4 Å². The largest absolute Gasteiger partial charge is 0.320 e. The molecular weight excluding hydrogens is 214 g/mol. The molecule has 2 unspecified atom stereocenters. The Morgan fingerprint density at radius 3 is 2.53 bits per heavy atom. The molecule has 1 fully saturated rings. The van der Waals surface area contributed by atoms with E-state index in [1.54, 1.807) is 7.05 Å². The van der Waals surface area contributed by atoms with Crippen LogP contribution in [0.25, 0.3) is 0 Å². The van der Waals surface area contributed by atoms with Crippen LogP contribution in [0.5, 0.6) is 0 Å². The molecule has 2 atom stereocenters. The second-order valence-corrected chi connectivity index (χ2v) is 6.03. The van der Waals surface area contributed by atoms with Gasteiger partial charge < -0.3 is 5.32 Å². The van der Waals surface area contributed by atoms with Crippen LogP contribution >= 0.6 is 0 Å². The monoisotopic (exact) mass is 235 g/mol. The molecule has 15 heavy (non-hydrogen) atoms. The van der Waals surface area contributed by atoms with Gasteiger partial charge in [0.2, 0.25) is 0 Å². The Labute approximate surface area is 92.4 Å². The molecule has 0 aromatic carbocycles. The van der Waals surface area contributed by atoms with E-state index in [9.17, 15) is 8.42 Å². The van der Waals surface area contributed by atoms with Gasteiger partial charge in [-0.3, -0.25) is 0 Å². The third-order valence-electron chi connectivity index (χ3n) is 2.72. The Hall–Kier alpha value is -0.170. The summed E-state index contributed by atoms with van der Waals surface area (Å²) in [5, 5.41) is 2.99. The molecule has 0 aromatic heterocycles. The van der Waals surface area contributed by atoms with Gasteiger partial charge in [-0.15, -0.1) is 0 Å². The molecule has 0 aliphatic heterocycles. The molecule has 90 valence electrons. The van der Waals surface area contributed by atoms with Crippen molar-refractivity contribution in [1.29, 1.82) is 0 Å². The first kappa shape index (κ1) is 12.9. The average molecular weight is 235 g/mol. The summed E-state index contributed by atoms with van der Waals surface area (Å²) in [6, 6.07) is 0.154. The molecule has 0 bridgehead atoms. The molecule has 6 heteroatoms. The van der Waals surface area contributed by atoms with Crippen LogP contribution in [-0.4, -0.2) is 45.9 Å². The SMILES string of the molecule is CNCCCN(C)S(=O)(=O)NC1CC1C. The zero-order chi connectivity index (χ0) is 11.5. The smallest absolute Gasteiger partial charge is 0.279 e. The summed E-state index contributed by atoms with van der Waals surface area (Å²) in [4.78, 5) is 0. The first-order valence-corrected chi connectivity index (χ1v) is 6.79. The predicted octanol–water partition coefficient (Wildman–Crippen LogP) is -0.229. The van der Waals surface area contributed by atoms with E-state index in [4.69, 9.17) is 0 Å². The number of nitrogens with zero attached hydrogens (tertiary/aromatic N) is 1. The summed E-state index contributed by atoms with van der Waals surface area (Å²) in [5.74, 6) is 0.491. The van der Waals surface area contributed by atoms with Gasteiger partial charge in [-0.1, -0.05) is 6.92 Å². The normalized spacial score (nSPS) is 25.9. The molecule has 1 aliphatic rings. The minimum Gasteiger partial charge on any atom is -0.320 e. The Balaban J connectivity index is 2.32. The fourth-order valence-electron chi connectivity index (χ4n) is 1.37. The standard InChI is InChI=1S/C9H21N3O2S/c1-8-7-9(8)11-15(13,14)12(3)6-4-5-10-2/h8-11H,4-7H2,1-3H3. The third-order valence-corrected chi connectivity index (χ3v) is 4.32. The van der Waals surface area contributed by atoms with Crippen molar-refractivity contribution in [2.45, 2.75) is 25.8 Å². The zero-order valence-electron chi connectivity index (χ0n) is 9.66. The van der Waals surface area contributed by atoms with Crippen molar-refractivity contribution in [3.8, 4) is 0 Å². The van der Waals surface area contributed by atoms with E-state index in [0.717, 1.165) is 19.4 Å². The number of hydrogen-bond donors (Lipinski definition) is 2. The van der Waals surface area contributed by atoms with Crippen molar-refractivity contribution in [2.24, 2.45) is 5.92 Å². The molecule has 0 aromatic rings. The molecule has 1 aliphatic carbocycles. The average Bonchev–Trinajstić information content (AvgIpc) is 2.81. The molecule has 2 N–H and O–H groups in total. The van der Waals surface area contributed by atoms with E-state index in [1.165, 1.54) is 4.31 Å². The molecular formula is C9H21N3O2S. The summed E-state index contributed by atoms with van der Waals surface area (Å²) in [6.07, 6.45) is 1.79. The summed E-state index contributed by atoms with van der Waals surface area (Å²) >= 11 is 0. The molecule has 1 rings (SSSR count). The first-order chi connectivity index (χ1) is 6.97. The maximum Gasteiger partial charge on any atom is 0.279 e. The van der Waals surface area contributed by atoms with Gasteiger partial charge in [-0.2, -0.15) is 17.4 Å². The third kappa shape index (κ3) is 4.06. The van der Waals surface area contributed by atoms with Crippen LogP contribution in [-0.2, 0) is 10.2 Å². The van der Waals surface area contributed by atoms with E-state index in [1.807, 2.05) is 14.0 Å². The molecule has 0 heterocycles.